The number of anilines is 1. The summed E-state index contributed by atoms with van der Waals surface area (Å²) in [5, 5.41) is 1.09. The summed E-state index contributed by atoms with van der Waals surface area (Å²) >= 11 is 1.86. The summed E-state index contributed by atoms with van der Waals surface area (Å²) in [5.41, 5.74) is 9.39. The molecule has 0 aliphatic carbocycles. The molecule has 1 aromatic carbocycles. The molecule has 82 valence electrons. The molecule has 0 amide bonds. The Bertz CT molecular complexity index is 537. The average Bonchev–Trinajstić information content (AvgIpc) is 2.55. The van der Waals surface area contributed by atoms with Crippen LogP contribution in [-0.4, -0.2) is 10.7 Å². The van der Waals surface area contributed by atoms with E-state index < -0.39 is 0 Å². The van der Waals surface area contributed by atoms with E-state index in [1.165, 1.54) is 23.4 Å². The second-order valence-electron chi connectivity index (χ2n) is 4.12. The number of aromatic nitrogens is 1. The van der Waals surface area contributed by atoms with E-state index in [1.807, 2.05) is 30.0 Å². The molecule has 0 saturated carbocycles. The fourth-order valence-corrected chi connectivity index (χ4v) is 3.30. The molecule has 0 atom stereocenters. The molecule has 2 nitrogen and oxygen atoms in total. The second-order valence-corrected chi connectivity index (χ2v) is 5.23. The summed E-state index contributed by atoms with van der Waals surface area (Å²) < 4.78 is 0. The van der Waals surface area contributed by atoms with Crippen molar-refractivity contribution < 1.29 is 0 Å². The maximum absolute atomic E-state index is 6.25. The van der Waals surface area contributed by atoms with Gasteiger partial charge in [-0.2, -0.15) is 0 Å². The van der Waals surface area contributed by atoms with Gasteiger partial charge in [-0.1, -0.05) is 18.2 Å². The predicted molar refractivity (Wildman–Crippen MR) is 69.8 cm³/mol. The lowest BCUT2D eigenvalue weighted by atomic mass is 10.1. The molecule has 0 fully saturated rings. The number of aryl methyl sites for hydroxylation is 1. The maximum atomic E-state index is 6.25. The molecule has 2 N–H and O–H groups in total. The Labute approximate surface area is 99.2 Å². The zero-order valence-electron chi connectivity index (χ0n) is 9.07. The molecular weight excluding hydrogens is 216 g/mol. The van der Waals surface area contributed by atoms with Crippen molar-refractivity contribution in [3.8, 4) is 0 Å². The van der Waals surface area contributed by atoms with Gasteiger partial charge in [-0.15, -0.1) is 11.8 Å². The van der Waals surface area contributed by atoms with E-state index in [-0.39, 0.29) is 0 Å². The van der Waals surface area contributed by atoms with Crippen molar-refractivity contribution in [1.29, 1.82) is 0 Å². The van der Waals surface area contributed by atoms with Crippen molar-refractivity contribution in [3.63, 3.8) is 0 Å². The number of thioether (sulfide) groups is 1. The van der Waals surface area contributed by atoms with Gasteiger partial charge in [0.25, 0.3) is 0 Å². The highest BCUT2D eigenvalue weighted by Crippen LogP contribution is 2.36. The highest BCUT2D eigenvalue weighted by Gasteiger charge is 2.15. The van der Waals surface area contributed by atoms with Crippen molar-refractivity contribution in [2.45, 2.75) is 24.2 Å². The summed E-state index contributed by atoms with van der Waals surface area (Å²) in [4.78, 5) is 5.95. The van der Waals surface area contributed by atoms with Gasteiger partial charge < -0.3 is 5.73 Å². The number of rotatable bonds is 0. The first-order valence-corrected chi connectivity index (χ1v) is 6.65. The van der Waals surface area contributed by atoms with E-state index in [1.54, 1.807) is 0 Å². The summed E-state index contributed by atoms with van der Waals surface area (Å²) in [6.07, 6.45) is 3.55. The van der Waals surface area contributed by atoms with Crippen LogP contribution in [0, 0.1) is 0 Å². The van der Waals surface area contributed by atoms with Crippen LogP contribution in [0.5, 0.6) is 0 Å². The van der Waals surface area contributed by atoms with Gasteiger partial charge in [0.2, 0.25) is 0 Å². The Morgan fingerprint density at radius 3 is 3.00 bits per heavy atom. The van der Waals surface area contributed by atoms with Gasteiger partial charge >= 0.3 is 0 Å². The number of nitrogens with two attached hydrogens (primary N) is 1. The molecule has 2 heterocycles. The van der Waals surface area contributed by atoms with Gasteiger partial charge in [-0.05, 0) is 31.1 Å². The van der Waals surface area contributed by atoms with E-state index in [9.17, 15) is 0 Å². The Hall–Kier alpha value is -1.22. The van der Waals surface area contributed by atoms with Gasteiger partial charge in [0, 0.05) is 5.39 Å². The lowest BCUT2D eigenvalue weighted by Gasteiger charge is -2.10. The number of nitrogens with zero attached hydrogens (tertiary/aromatic N) is 1. The number of nitrogen functional groups attached to an aromatic ring is 1. The molecule has 16 heavy (non-hydrogen) atoms. The van der Waals surface area contributed by atoms with Crippen LogP contribution in [-0.2, 0) is 6.42 Å². The molecular formula is C13H14N2S. The highest BCUT2D eigenvalue weighted by atomic mass is 32.2. The monoisotopic (exact) mass is 230 g/mol. The molecule has 1 aliphatic heterocycles. The van der Waals surface area contributed by atoms with E-state index in [2.05, 4.69) is 6.07 Å². The number of benzene rings is 1. The van der Waals surface area contributed by atoms with E-state index in [0.29, 0.717) is 0 Å². The zero-order valence-corrected chi connectivity index (χ0v) is 9.89. The first kappa shape index (κ1) is 9.97. The van der Waals surface area contributed by atoms with Crippen molar-refractivity contribution in [1.82, 2.24) is 4.98 Å². The Balaban J connectivity index is 2.29. The quantitative estimate of drug-likeness (QED) is 0.755. The summed E-state index contributed by atoms with van der Waals surface area (Å²) in [7, 11) is 0. The fourth-order valence-electron chi connectivity index (χ4n) is 2.17. The fraction of sp³-hybridized carbons (Fsp3) is 0.308. The molecule has 0 saturated heterocycles. The minimum absolute atomic E-state index is 0.924. The van der Waals surface area contributed by atoms with Crippen LogP contribution in [0.25, 0.3) is 10.9 Å². The first-order chi connectivity index (χ1) is 7.86. The summed E-state index contributed by atoms with van der Waals surface area (Å²) in [6.45, 7) is 0. The molecule has 2 aromatic rings. The van der Waals surface area contributed by atoms with Crippen LogP contribution in [0.2, 0.25) is 0 Å². The molecule has 3 heteroatoms. The third-order valence-corrected chi connectivity index (χ3v) is 4.25. The first-order valence-electron chi connectivity index (χ1n) is 5.66. The Kier molecular flexibility index (Phi) is 2.48. The highest BCUT2D eigenvalue weighted by molar-refractivity contribution is 7.99. The van der Waals surface area contributed by atoms with Crippen molar-refractivity contribution in [2.24, 2.45) is 0 Å². The van der Waals surface area contributed by atoms with Crippen molar-refractivity contribution in [2.75, 3.05) is 11.5 Å². The van der Waals surface area contributed by atoms with E-state index in [0.717, 1.165) is 28.8 Å². The van der Waals surface area contributed by atoms with Crippen molar-refractivity contribution in [3.05, 3.63) is 30.0 Å². The lowest BCUT2D eigenvalue weighted by Crippen LogP contribution is -1.99. The molecule has 0 bridgehead atoms. The van der Waals surface area contributed by atoms with Crippen LogP contribution < -0.4 is 5.73 Å². The van der Waals surface area contributed by atoms with Gasteiger partial charge in [-0.3, -0.25) is 4.98 Å². The predicted octanol–water partition coefficient (Wildman–Crippen LogP) is 3.25. The Morgan fingerprint density at radius 1 is 1.19 bits per heavy atom. The lowest BCUT2D eigenvalue weighted by molar-refractivity contribution is 0.786. The van der Waals surface area contributed by atoms with Gasteiger partial charge in [-0.25, -0.2) is 0 Å². The maximum Gasteiger partial charge on any atom is 0.0726 e. The standard InChI is InChI=1S/C13H14N2S/c14-12-9-5-1-2-6-10(9)15-11-7-3-4-8-16-13(11)12/h1-2,5-6H,3-4,7-8H2,(H2,14,15). The van der Waals surface area contributed by atoms with Crippen molar-refractivity contribution >= 4 is 28.4 Å². The third-order valence-electron chi connectivity index (χ3n) is 3.01. The van der Waals surface area contributed by atoms with E-state index in [4.69, 9.17) is 10.7 Å². The second kappa shape index (κ2) is 3.98. The molecule has 0 unspecified atom stereocenters. The minimum atomic E-state index is 0.924. The largest absolute Gasteiger partial charge is 0.397 e. The Morgan fingerprint density at radius 2 is 2.06 bits per heavy atom. The van der Waals surface area contributed by atoms with Gasteiger partial charge in [0.1, 0.15) is 0 Å². The summed E-state index contributed by atoms with van der Waals surface area (Å²) in [5.74, 6) is 1.16. The van der Waals surface area contributed by atoms with E-state index >= 15 is 0 Å². The number of fused-ring (bicyclic) bond motifs is 2. The SMILES string of the molecule is Nc1c2c(nc3ccccc13)CCCCS2. The van der Waals surface area contributed by atoms with Crippen LogP contribution >= 0.6 is 11.8 Å². The summed E-state index contributed by atoms with van der Waals surface area (Å²) in [6, 6.07) is 8.14. The molecule has 1 aliphatic rings. The van der Waals surface area contributed by atoms with Gasteiger partial charge in [0.05, 0.1) is 21.8 Å². The van der Waals surface area contributed by atoms with Gasteiger partial charge in [0.15, 0.2) is 0 Å². The number of hydrogen-bond acceptors (Lipinski definition) is 3. The van der Waals surface area contributed by atoms with Crippen LogP contribution in [0.4, 0.5) is 5.69 Å². The average molecular weight is 230 g/mol. The zero-order chi connectivity index (χ0) is 11.0. The number of pyridine rings is 1. The molecule has 0 spiro atoms. The molecule has 1 aromatic heterocycles. The number of hydrogen-bond donors (Lipinski definition) is 1. The minimum Gasteiger partial charge on any atom is -0.397 e. The number of para-hydroxylation sites is 1. The normalized spacial score (nSPS) is 15.8. The smallest absolute Gasteiger partial charge is 0.0726 e. The van der Waals surface area contributed by atoms with Crippen LogP contribution in [0.3, 0.4) is 0 Å². The third kappa shape index (κ3) is 1.55. The molecule has 0 radical (unpaired) electrons. The topological polar surface area (TPSA) is 38.9 Å². The van der Waals surface area contributed by atoms with Crippen LogP contribution in [0.1, 0.15) is 18.5 Å². The van der Waals surface area contributed by atoms with Crippen LogP contribution in [0.15, 0.2) is 29.2 Å². The molecule has 3 rings (SSSR count).